The van der Waals surface area contributed by atoms with E-state index in [1.165, 1.54) is 0 Å². The molecule has 0 bridgehead atoms. The number of nitrogens with one attached hydrogen (secondary N) is 1. The lowest BCUT2D eigenvalue weighted by Crippen LogP contribution is -2.38. The van der Waals surface area contributed by atoms with E-state index in [1.54, 1.807) is 6.92 Å². The van der Waals surface area contributed by atoms with Gasteiger partial charge in [-0.3, -0.25) is 4.79 Å². The van der Waals surface area contributed by atoms with Gasteiger partial charge in [-0.05, 0) is 38.1 Å². The number of nitrogens with zero attached hydrogens (tertiary/aromatic N) is 2. The van der Waals surface area contributed by atoms with Crippen molar-refractivity contribution in [2.75, 3.05) is 26.2 Å². The van der Waals surface area contributed by atoms with Crippen LogP contribution in [0.3, 0.4) is 0 Å². The monoisotopic (exact) mass is 287 g/mol. The maximum absolute atomic E-state index is 10.9. The Morgan fingerprint density at radius 1 is 1.38 bits per heavy atom. The largest absolute Gasteiger partial charge is 0.356 e. The number of amides is 1. The van der Waals surface area contributed by atoms with Crippen molar-refractivity contribution in [3.63, 3.8) is 0 Å². The molecule has 1 saturated heterocycles. The number of piperidine rings is 1. The number of hydrogen-bond acceptors (Lipinski definition) is 4. The number of para-hydroxylation sites is 1. The number of carbonyl (C=O) groups excluding carboxylic acids is 1. The topological polar surface area (TPSA) is 58.4 Å². The van der Waals surface area contributed by atoms with Crippen LogP contribution in [0.1, 0.15) is 31.4 Å². The van der Waals surface area contributed by atoms with Crippen LogP contribution in [0.2, 0.25) is 0 Å². The molecule has 0 aliphatic carbocycles. The highest BCUT2D eigenvalue weighted by atomic mass is 16.5. The number of aromatic nitrogens is 1. The molecule has 112 valence electrons. The van der Waals surface area contributed by atoms with E-state index in [-0.39, 0.29) is 5.91 Å². The molecule has 1 aromatic carbocycles. The molecule has 0 saturated carbocycles. The molecule has 0 radical (unpaired) electrons. The summed E-state index contributed by atoms with van der Waals surface area (Å²) in [5.41, 5.74) is 1.98. The summed E-state index contributed by atoms with van der Waals surface area (Å²) >= 11 is 0. The zero-order chi connectivity index (χ0) is 14.7. The first kappa shape index (κ1) is 14.1. The fraction of sp³-hybridized carbons (Fsp3) is 0.500. The Balaban J connectivity index is 1.57. The summed E-state index contributed by atoms with van der Waals surface area (Å²) < 4.78 is 5.41. The maximum Gasteiger partial charge on any atom is 0.216 e. The molecule has 1 aliphatic heterocycles. The van der Waals surface area contributed by atoms with Gasteiger partial charge < -0.3 is 14.7 Å². The van der Waals surface area contributed by atoms with Crippen LogP contribution in [0.25, 0.3) is 11.0 Å². The predicted octanol–water partition coefficient (Wildman–Crippen LogP) is 2.14. The second-order valence-electron chi connectivity index (χ2n) is 5.66. The van der Waals surface area contributed by atoms with Crippen molar-refractivity contribution in [2.45, 2.75) is 25.7 Å². The van der Waals surface area contributed by atoms with E-state index < -0.39 is 0 Å². The van der Waals surface area contributed by atoms with Gasteiger partial charge in [-0.15, -0.1) is 0 Å². The van der Waals surface area contributed by atoms with Gasteiger partial charge in [0.25, 0.3) is 0 Å². The Hall–Kier alpha value is -1.88. The Morgan fingerprint density at radius 3 is 2.90 bits per heavy atom. The standard InChI is InChI=1S/C16H21N3O2/c1-12(20)17-8-11-19-9-6-13(7-10-19)16-14-4-2-3-5-15(14)21-18-16/h2-5,13H,6-11H2,1H3,(H,17,20). The van der Waals surface area contributed by atoms with Crippen LogP contribution in [0.4, 0.5) is 0 Å². The normalized spacial score (nSPS) is 17.2. The van der Waals surface area contributed by atoms with Crippen LogP contribution in [0.5, 0.6) is 0 Å². The van der Waals surface area contributed by atoms with Crippen molar-refractivity contribution in [2.24, 2.45) is 0 Å². The van der Waals surface area contributed by atoms with E-state index >= 15 is 0 Å². The summed E-state index contributed by atoms with van der Waals surface area (Å²) in [6, 6.07) is 8.06. The number of fused-ring (bicyclic) bond motifs is 1. The Kier molecular flexibility index (Phi) is 4.20. The fourth-order valence-electron chi connectivity index (χ4n) is 3.02. The van der Waals surface area contributed by atoms with Gasteiger partial charge in [-0.2, -0.15) is 0 Å². The molecule has 1 aromatic heterocycles. The smallest absolute Gasteiger partial charge is 0.216 e. The highest BCUT2D eigenvalue weighted by Crippen LogP contribution is 2.32. The first-order chi connectivity index (χ1) is 10.2. The molecule has 5 heteroatoms. The molecule has 2 aromatic rings. The van der Waals surface area contributed by atoms with E-state index in [0.29, 0.717) is 5.92 Å². The zero-order valence-corrected chi connectivity index (χ0v) is 12.3. The van der Waals surface area contributed by atoms with Crippen LogP contribution in [0.15, 0.2) is 28.8 Å². The molecule has 0 spiro atoms. The van der Waals surface area contributed by atoms with E-state index in [1.807, 2.05) is 18.2 Å². The van der Waals surface area contributed by atoms with Crippen LogP contribution >= 0.6 is 0 Å². The Morgan fingerprint density at radius 2 is 2.14 bits per heavy atom. The van der Waals surface area contributed by atoms with E-state index in [2.05, 4.69) is 21.4 Å². The molecule has 21 heavy (non-hydrogen) atoms. The van der Waals surface area contributed by atoms with Crippen molar-refractivity contribution in [3.05, 3.63) is 30.0 Å². The predicted molar refractivity (Wildman–Crippen MR) is 81.1 cm³/mol. The summed E-state index contributed by atoms with van der Waals surface area (Å²) in [7, 11) is 0. The van der Waals surface area contributed by atoms with Crippen LogP contribution < -0.4 is 5.32 Å². The summed E-state index contributed by atoms with van der Waals surface area (Å²) in [6.07, 6.45) is 2.19. The summed E-state index contributed by atoms with van der Waals surface area (Å²) in [5, 5.41) is 8.27. The number of hydrogen-bond donors (Lipinski definition) is 1. The molecule has 3 rings (SSSR count). The van der Waals surface area contributed by atoms with Gasteiger partial charge in [0.15, 0.2) is 5.58 Å². The summed E-state index contributed by atoms with van der Waals surface area (Å²) in [6.45, 7) is 5.30. The molecule has 1 amide bonds. The summed E-state index contributed by atoms with van der Waals surface area (Å²) in [5.74, 6) is 0.518. The van der Waals surface area contributed by atoms with Gasteiger partial charge in [0.2, 0.25) is 5.91 Å². The second-order valence-corrected chi connectivity index (χ2v) is 5.66. The van der Waals surface area contributed by atoms with Crippen molar-refractivity contribution in [1.82, 2.24) is 15.4 Å². The van der Waals surface area contributed by atoms with Gasteiger partial charge in [-0.1, -0.05) is 17.3 Å². The van der Waals surface area contributed by atoms with E-state index in [4.69, 9.17) is 4.52 Å². The molecule has 1 fully saturated rings. The third-order valence-corrected chi connectivity index (χ3v) is 4.18. The van der Waals surface area contributed by atoms with Crippen molar-refractivity contribution < 1.29 is 9.32 Å². The van der Waals surface area contributed by atoms with E-state index in [9.17, 15) is 4.79 Å². The molecule has 2 heterocycles. The van der Waals surface area contributed by atoms with Gasteiger partial charge in [-0.25, -0.2) is 0 Å². The Labute approximate surface area is 124 Å². The van der Waals surface area contributed by atoms with Gasteiger partial charge in [0, 0.05) is 31.3 Å². The molecular weight excluding hydrogens is 266 g/mol. The molecular formula is C16H21N3O2. The minimum Gasteiger partial charge on any atom is -0.356 e. The maximum atomic E-state index is 10.9. The molecule has 5 nitrogen and oxygen atoms in total. The highest BCUT2D eigenvalue weighted by Gasteiger charge is 2.24. The average Bonchev–Trinajstić information content (AvgIpc) is 2.92. The fourth-order valence-corrected chi connectivity index (χ4v) is 3.02. The van der Waals surface area contributed by atoms with Crippen molar-refractivity contribution >= 4 is 16.9 Å². The van der Waals surface area contributed by atoms with Gasteiger partial charge in [0.1, 0.15) is 0 Å². The van der Waals surface area contributed by atoms with Crippen LogP contribution in [-0.4, -0.2) is 42.1 Å². The minimum atomic E-state index is 0.0407. The van der Waals surface area contributed by atoms with Crippen molar-refractivity contribution in [3.8, 4) is 0 Å². The number of rotatable bonds is 4. The quantitative estimate of drug-likeness (QED) is 0.936. The summed E-state index contributed by atoms with van der Waals surface area (Å²) in [4.78, 5) is 13.3. The Bertz CT molecular complexity index is 615. The van der Waals surface area contributed by atoms with Crippen LogP contribution in [0, 0.1) is 0 Å². The minimum absolute atomic E-state index is 0.0407. The lowest BCUT2D eigenvalue weighted by molar-refractivity contribution is -0.119. The lowest BCUT2D eigenvalue weighted by Gasteiger charge is -2.31. The molecule has 0 atom stereocenters. The average molecular weight is 287 g/mol. The molecule has 0 unspecified atom stereocenters. The molecule has 1 aliphatic rings. The third-order valence-electron chi connectivity index (χ3n) is 4.18. The lowest BCUT2D eigenvalue weighted by atomic mass is 9.91. The number of likely N-dealkylation sites (tertiary alicyclic amines) is 1. The second kappa shape index (κ2) is 6.26. The first-order valence-corrected chi connectivity index (χ1v) is 7.55. The highest BCUT2D eigenvalue weighted by molar-refractivity contribution is 5.79. The first-order valence-electron chi connectivity index (χ1n) is 7.55. The number of carbonyl (C=O) groups is 1. The zero-order valence-electron chi connectivity index (χ0n) is 12.3. The molecule has 1 N–H and O–H groups in total. The van der Waals surface area contributed by atoms with Crippen molar-refractivity contribution in [1.29, 1.82) is 0 Å². The third kappa shape index (κ3) is 3.24. The van der Waals surface area contributed by atoms with Gasteiger partial charge >= 0.3 is 0 Å². The van der Waals surface area contributed by atoms with Crippen LogP contribution in [-0.2, 0) is 4.79 Å². The van der Waals surface area contributed by atoms with Gasteiger partial charge in [0.05, 0.1) is 5.69 Å². The SMILES string of the molecule is CC(=O)NCCN1CCC(c2noc3ccccc23)CC1. The number of benzene rings is 1. The van der Waals surface area contributed by atoms with E-state index in [0.717, 1.165) is 55.7 Å².